The maximum atomic E-state index is 10.1. The molecule has 0 unspecified atom stereocenters. The molecule has 0 radical (unpaired) electrons. The van der Waals surface area contributed by atoms with E-state index in [-0.39, 0.29) is 11.1 Å². The highest BCUT2D eigenvalue weighted by molar-refractivity contribution is 7.99. The molecule has 2 aromatic rings. The maximum absolute atomic E-state index is 10.1. The lowest BCUT2D eigenvalue weighted by atomic mass is 10.0. The summed E-state index contributed by atoms with van der Waals surface area (Å²) in [6, 6.07) is 12.6. The first kappa shape index (κ1) is 24.8. The van der Waals surface area contributed by atoms with Crippen molar-refractivity contribution in [3.05, 3.63) is 35.4 Å². The van der Waals surface area contributed by atoms with E-state index in [4.69, 9.17) is 9.47 Å². The van der Waals surface area contributed by atoms with E-state index in [1.54, 1.807) is 11.8 Å². The molecule has 0 spiro atoms. The first-order chi connectivity index (χ1) is 15.9. The van der Waals surface area contributed by atoms with E-state index in [1.807, 2.05) is 19.2 Å². The van der Waals surface area contributed by atoms with E-state index >= 15 is 0 Å². The first-order valence-corrected chi connectivity index (χ1v) is 12.5. The minimum Gasteiger partial charge on any atom is -0.491 e. The van der Waals surface area contributed by atoms with Gasteiger partial charge in [0, 0.05) is 11.9 Å². The second-order valence-corrected chi connectivity index (χ2v) is 10.3. The molecule has 6 heteroatoms. The van der Waals surface area contributed by atoms with Gasteiger partial charge in [0.05, 0.1) is 23.8 Å². The van der Waals surface area contributed by atoms with Crippen LogP contribution in [0.5, 0.6) is 11.5 Å². The van der Waals surface area contributed by atoms with Crippen LogP contribution in [0.2, 0.25) is 0 Å². The summed E-state index contributed by atoms with van der Waals surface area (Å²) in [4.78, 5) is 3.98. The molecule has 1 heterocycles. The van der Waals surface area contributed by atoms with Crippen molar-refractivity contribution >= 4 is 23.1 Å². The number of hydrogen-bond acceptors (Lipinski definition) is 6. The molecule has 0 aliphatic carbocycles. The molecule has 33 heavy (non-hydrogen) atoms. The topological polar surface area (TPSA) is 69.3 Å². The summed E-state index contributed by atoms with van der Waals surface area (Å²) >= 11 is 1.58. The zero-order valence-corrected chi connectivity index (χ0v) is 21.1. The van der Waals surface area contributed by atoms with E-state index in [9.17, 15) is 10.5 Å². The van der Waals surface area contributed by atoms with E-state index in [2.05, 4.69) is 56.9 Å². The van der Waals surface area contributed by atoms with E-state index in [0.29, 0.717) is 36.5 Å². The van der Waals surface area contributed by atoms with Crippen LogP contribution in [0.4, 0.5) is 11.4 Å². The normalized spacial score (nSPS) is 12.2. The van der Waals surface area contributed by atoms with Crippen LogP contribution < -0.4 is 14.4 Å². The Kier molecular flexibility index (Phi) is 8.53. The predicted molar refractivity (Wildman–Crippen MR) is 134 cm³/mol. The van der Waals surface area contributed by atoms with Crippen molar-refractivity contribution in [2.75, 3.05) is 25.2 Å². The minimum atomic E-state index is 0.256. The van der Waals surface area contributed by atoms with Crippen LogP contribution >= 0.6 is 11.8 Å². The summed E-state index contributed by atoms with van der Waals surface area (Å²) in [5, 5.41) is 20.1. The van der Waals surface area contributed by atoms with Crippen molar-refractivity contribution in [1.82, 2.24) is 0 Å². The molecule has 0 saturated heterocycles. The molecule has 0 atom stereocenters. The molecule has 174 valence electrons. The molecule has 2 aromatic carbocycles. The van der Waals surface area contributed by atoms with Gasteiger partial charge in [-0.25, -0.2) is 0 Å². The third-order valence-electron chi connectivity index (χ3n) is 5.68. The Morgan fingerprint density at radius 1 is 0.879 bits per heavy atom. The highest BCUT2D eigenvalue weighted by atomic mass is 32.2. The summed E-state index contributed by atoms with van der Waals surface area (Å²) in [6.07, 6.45) is 3.87. The fourth-order valence-corrected chi connectivity index (χ4v) is 5.20. The number of para-hydroxylation sites is 1. The monoisotopic (exact) mass is 463 g/mol. The van der Waals surface area contributed by atoms with Crippen LogP contribution in [0.15, 0.2) is 34.1 Å². The van der Waals surface area contributed by atoms with E-state index in [1.165, 1.54) is 0 Å². The Balaban J connectivity index is 2.09. The van der Waals surface area contributed by atoms with Crippen molar-refractivity contribution in [2.45, 2.75) is 63.2 Å². The number of ether oxygens (including phenoxy) is 2. The highest BCUT2D eigenvalue weighted by Crippen LogP contribution is 2.57. The summed E-state index contributed by atoms with van der Waals surface area (Å²) in [5.41, 5.74) is 2.37. The molecule has 0 N–H and O–H groups in total. The Morgan fingerprint density at radius 3 is 2.00 bits per heavy atom. The van der Waals surface area contributed by atoms with Crippen molar-refractivity contribution in [1.29, 1.82) is 10.5 Å². The molecule has 0 fully saturated rings. The van der Waals surface area contributed by atoms with Gasteiger partial charge < -0.3 is 14.4 Å². The largest absolute Gasteiger partial charge is 0.491 e. The zero-order valence-electron chi connectivity index (χ0n) is 20.3. The summed E-state index contributed by atoms with van der Waals surface area (Å²) in [6.45, 7) is 9.74. The fourth-order valence-electron chi connectivity index (χ4n) is 3.94. The summed E-state index contributed by atoms with van der Waals surface area (Å²) in [5.74, 6) is 2.14. The van der Waals surface area contributed by atoms with Gasteiger partial charge in [-0.05, 0) is 49.7 Å². The van der Waals surface area contributed by atoms with Gasteiger partial charge in [-0.15, -0.1) is 0 Å². The molecule has 5 nitrogen and oxygen atoms in total. The smallest absolute Gasteiger partial charge is 0.163 e. The standard InChI is InChI=1S/C27H33N3O2S/c1-18(2)10-8-14-31-25-20(16-28)21(17-29)26(32-15-9-11-19(3)4)27-24(25)30(5)22-12-6-7-13-23(22)33-27/h6-7,12-13,18-19H,8-11,14-15H2,1-5H3. The average Bonchev–Trinajstić information content (AvgIpc) is 2.79. The van der Waals surface area contributed by atoms with Crippen LogP contribution in [0, 0.1) is 34.5 Å². The maximum Gasteiger partial charge on any atom is 0.163 e. The molecular formula is C27H33N3O2S. The SMILES string of the molecule is CC(C)CCCOc1c(C#N)c(C#N)c(OCCCC(C)C)c2c1Sc1ccccc1N2C. The zero-order chi connectivity index (χ0) is 24.0. The Bertz CT molecular complexity index is 1070. The number of rotatable bonds is 10. The second kappa shape index (κ2) is 11.3. The quantitative estimate of drug-likeness (QED) is 0.345. The second-order valence-electron chi connectivity index (χ2n) is 9.21. The fraction of sp³-hybridized carbons (Fsp3) is 0.481. The van der Waals surface area contributed by atoms with Crippen LogP contribution in [-0.2, 0) is 0 Å². The van der Waals surface area contributed by atoms with Gasteiger partial charge in [0.2, 0.25) is 0 Å². The van der Waals surface area contributed by atoms with Crippen molar-refractivity contribution in [3.8, 4) is 23.6 Å². The summed E-state index contributed by atoms with van der Waals surface area (Å²) in [7, 11) is 1.98. The molecule has 0 bridgehead atoms. The van der Waals surface area contributed by atoms with Crippen molar-refractivity contribution in [2.24, 2.45) is 11.8 Å². The molecule has 1 aliphatic heterocycles. The summed E-state index contributed by atoms with van der Waals surface area (Å²) < 4.78 is 12.5. The van der Waals surface area contributed by atoms with E-state index < -0.39 is 0 Å². The predicted octanol–water partition coefficient (Wildman–Crippen LogP) is 7.29. The van der Waals surface area contributed by atoms with Gasteiger partial charge in [-0.3, -0.25) is 0 Å². The van der Waals surface area contributed by atoms with Crippen LogP contribution in [0.25, 0.3) is 0 Å². The van der Waals surface area contributed by atoms with Gasteiger partial charge >= 0.3 is 0 Å². The number of benzene rings is 2. The van der Waals surface area contributed by atoms with E-state index in [0.717, 1.165) is 46.8 Å². The lowest BCUT2D eigenvalue weighted by Crippen LogP contribution is -2.19. The molecule has 0 amide bonds. The molecule has 0 saturated carbocycles. The lowest BCUT2D eigenvalue weighted by Gasteiger charge is -2.33. The van der Waals surface area contributed by atoms with Crippen LogP contribution in [0.3, 0.4) is 0 Å². The number of anilines is 2. The number of nitrogens with zero attached hydrogens (tertiary/aromatic N) is 3. The van der Waals surface area contributed by atoms with Gasteiger partial charge in [-0.1, -0.05) is 51.6 Å². The van der Waals surface area contributed by atoms with Crippen molar-refractivity contribution < 1.29 is 9.47 Å². The minimum absolute atomic E-state index is 0.256. The van der Waals surface area contributed by atoms with Crippen molar-refractivity contribution in [3.63, 3.8) is 0 Å². The number of hydrogen-bond donors (Lipinski definition) is 0. The lowest BCUT2D eigenvalue weighted by molar-refractivity contribution is 0.284. The molecule has 0 aromatic heterocycles. The third kappa shape index (κ3) is 5.57. The van der Waals surface area contributed by atoms with Gasteiger partial charge in [0.15, 0.2) is 11.5 Å². The first-order valence-electron chi connectivity index (χ1n) is 11.7. The van der Waals surface area contributed by atoms with Gasteiger partial charge in [0.1, 0.15) is 29.0 Å². The average molecular weight is 464 g/mol. The van der Waals surface area contributed by atoms with Crippen LogP contribution in [0.1, 0.15) is 64.5 Å². The Labute approximate surface area is 202 Å². The molecule has 3 rings (SSSR count). The number of fused-ring (bicyclic) bond motifs is 2. The van der Waals surface area contributed by atoms with Crippen LogP contribution in [-0.4, -0.2) is 20.3 Å². The molecule has 1 aliphatic rings. The highest BCUT2D eigenvalue weighted by Gasteiger charge is 2.33. The third-order valence-corrected chi connectivity index (χ3v) is 6.83. The van der Waals surface area contributed by atoms with Gasteiger partial charge in [-0.2, -0.15) is 10.5 Å². The van der Waals surface area contributed by atoms with Gasteiger partial charge in [0.25, 0.3) is 0 Å². The molecular weight excluding hydrogens is 430 g/mol. The Morgan fingerprint density at radius 2 is 1.42 bits per heavy atom. The number of nitriles is 2. The Hall–Kier alpha value is -2.83.